The molecule has 5 N–H and O–H groups in total. The number of amidine groups is 2. The van der Waals surface area contributed by atoms with Gasteiger partial charge >= 0.3 is 0 Å². The van der Waals surface area contributed by atoms with E-state index in [0.717, 1.165) is 5.56 Å². The minimum Gasteiger partial charge on any atom is -0.505 e. The number of phenolic OH excluding ortho intramolecular Hbond substituents is 1. The first-order valence-electron chi connectivity index (χ1n) is 9.87. The molecule has 162 valence electrons. The van der Waals surface area contributed by atoms with E-state index in [-0.39, 0.29) is 40.6 Å². The molecule has 0 aliphatic rings. The highest BCUT2D eigenvalue weighted by molar-refractivity contribution is 6.39. The summed E-state index contributed by atoms with van der Waals surface area (Å²) in [7, 11) is 3.22. The number of aryl methyl sites for hydroxylation is 1. The second-order valence-corrected chi connectivity index (χ2v) is 7.70. The molecule has 0 bridgehead atoms. The van der Waals surface area contributed by atoms with Crippen molar-refractivity contribution in [3.8, 4) is 5.75 Å². The van der Waals surface area contributed by atoms with Crippen LogP contribution in [0.25, 0.3) is 0 Å². The summed E-state index contributed by atoms with van der Waals surface area (Å²) in [6, 6.07) is 4.94. The molecule has 0 aliphatic carbocycles. The number of benzene rings is 1. The second-order valence-electron chi connectivity index (χ2n) is 7.70. The zero-order chi connectivity index (χ0) is 22.6. The molecular weight excluding hydrogens is 382 g/mol. The summed E-state index contributed by atoms with van der Waals surface area (Å²) in [5.74, 6) is 0.457. The molecule has 0 radical (unpaired) electrons. The number of carbonyl (C=O) groups is 1. The number of carbonyl (C=O) groups excluding carboxylic acids is 1. The van der Waals surface area contributed by atoms with Gasteiger partial charge in [0.2, 0.25) is 0 Å². The molecule has 0 fully saturated rings. The second kappa shape index (κ2) is 9.47. The summed E-state index contributed by atoms with van der Waals surface area (Å²) >= 11 is 0. The topological polar surface area (TPSA) is 130 Å². The Hall–Kier alpha value is -3.29. The molecule has 1 aromatic heterocycles. The van der Waals surface area contributed by atoms with Gasteiger partial charge in [-0.05, 0) is 42.5 Å². The number of hydrogen-bond acceptors (Lipinski definition) is 5. The van der Waals surface area contributed by atoms with Crippen molar-refractivity contribution in [3.63, 3.8) is 0 Å². The van der Waals surface area contributed by atoms with Gasteiger partial charge in [0.25, 0.3) is 5.91 Å². The van der Waals surface area contributed by atoms with Crippen LogP contribution in [0.1, 0.15) is 66.4 Å². The number of hydrogen-bond donors (Lipinski definition) is 3. The van der Waals surface area contributed by atoms with E-state index < -0.39 is 0 Å². The zero-order valence-electron chi connectivity index (χ0n) is 18.4. The highest BCUT2D eigenvalue weighted by atomic mass is 16.3. The van der Waals surface area contributed by atoms with Crippen LogP contribution in [0, 0.1) is 6.92 Å². The Morgan fingerprint density at radius 1 is 1.23 bits per heavy atom. The Bertz CT molecular complexity index is 973. The van der Waals surface area contributed by atoms with Gasteiger partial charge in [0.15, 0.2) is 17.4 Å². The van der Waals surface area contributed by atoms with Crippen molar-refractivity contribution in [3.05, 3.63) is 46.9 Å². The highest BCUT2D eigenvalue weighted by Gasteiger charge is 2.20. The van der Waals surface area contributed by atoms with Crippen LogP contribution >= 0.6 is 0 Å². The van der Waals surface area contributed by atoms with Crippen molar-refractivity contribution >= 4 is 23.3 Å². The molecule has 1 amide bonds. The molecule has 1 heterocycles. The van der Waals surface area contributed by atoms with Crippen LogP contribution in [-0.4, -0.2) is 41.7 Å². The normalized spacial score (nSPS) is 13.6. The number of nitrogens with two attached hydrogens (primary N) is 2. The van der Waals surface area contributed by atoms with Crippen LogP contribution < -0.4 is 11.5 Å². The van der Waals surface area contributed by atoms with Gasteiger partial charge in [-0.3, -0.25) is 9.79 Å². The first-order chi connectivity index (χ1) is 14.1. The van der Waals surface area contributed by atoms with E-state index in [0.29, 0.717) is 23.7 Å². The molecule has 0 aliphatic heterocycles. The Balaban J connectivity index is 2.37. The van der Waals surface area contributed by atoms with Crippen LogP contribution in [0.15, 0.2) is 38.9 Å². The first-order valence-corrected chi connectivity index (χ1v) is 9.87. The number of amides is 1. The average molecular weight is 414 g/mol. The van der Waals surface area contributed by atoms with Gasteiger partial charge in [0, 0.05) is 14.1 Å². The zero-order valence-corrected chi connectivity index (χ0v) is 18.4. The van der Waals surface area contributed by atoms with Crippen molar-refractivity contribution in [2.75, 3.05) is 14.1 Å². The largest absolute Gasteiger partial charge is 0.505 e. The Morgan fingerprint density at radius 3 is 2.43 bits per heavy atom. The molecule has 0 spiro atoms. The van der Waals surface area contributed by atoms with E-state index in [1.807, 2.05) is 13.0 Å². The number of rotatable bonds is 6. The van der Waals surface area contributed by atoms with E-state index in [1.165, 1.54) is 4.90 Å². The molecule has 8 nitrogen and oxygen atoms in total. The van der Waals surface area contributed by atoms with Gasteiger partial charge in [-0.25, -0.2) is 4.99 Å². The molecule has 30 heavy (non-hydrogen) atoms. The fourth-order valence-corrected chi connectivity index (χ4v) is 2.89. The Labute approximate surface area is 177 Å². The van der Waals surface area contributed by atoms with Crippen LogP contribution in [0.3, 0.4) is 0 Å². The van der Waals surface area contributed by atoms with Crippen LogP contribution in [0.5, 0.6) is 5.75 Å². The molecule has 2 aromatic rings. The SMILES string of the molecule is CC[C@@H](N=C(N)C(N)=Nc1ccc(C)c(C(=O)N(C)C)c1O)c1cc(C(C)C)co1. The van der Waals surface area contributed by atoms with E-state index >= 15 is 0 Å². The van der Waals surface area contributed by atoms with Crippen LogP contribution in [0.2, 0.25) is 0 Å². The summed E-state index contributed by atoms with van der Waals surface area (Å²) in [5.41, 5.74) is 14.1. The minimum atomic E-state index is -0.327. The molecule has 8 heteroatoms. The molecule has 0 saturated carbocycles. The smallest absolute Gasteiger partial charge is 0.257 e. The van der Waals surface area contributed by atoms with Gasteiger partial charge < -0.3 is 25.9 Å². The molecule has 0 saturated heterocycles. The van der Waals surface area contributed by atoms with E-state index in [4.69, 9.17) is 15.9 Å². The van der Waals surface area contributed by atoms with Crippen molar-refractivity contribution in [1.82, 2.24) is 4.90 Å². The quantitative estimate of drug-likeness (QED) is 0.492. The van der Waals surface area contributed by atoms with Gasteiger partial charge in [0.05, 0.1) is 11.8 Å². The fraction of sp³-hybridized carbons (Fsp3) is 0.409. The summed E-state index contributed by atoms with van der Waals surface area (Å²) in [6.07, 6.45) is 2.38. The summed E-state index contributed by atoms with van der Waals surface area (Å²) in [5, 5.41) is 10.6. The fourth-order valence-electron chi connectivity index (χ4n) is 2.89. The Morgan fingerprint density at radius 2 is 1.90 bits per heavy atom. The lowest BCUT2D eigenvalue weighted by Gasteiger charge is -2.15. The first kappa shape index (κ1) is 23.0. The monoisotopic (exact) mass is 413 g/mol. The van der Waals surface area contributed by atoms with Crippen molar-refractivity contribution in [1.29, 1.82) is 0 Å². The van der Waals surface area contributed by atoms with Crippen molar-refractivity contribution in [2.24, 2.45) is 21.5 Å². The van der Waals surface area contributed by atoms with Gasteiger partial charge in [0.1, 0.15) is 17.5 Å². The Kier molecular flexibility index (Phi) is 7.26. The molecule has 1 aromatic carbocycles. The van der Waals surface area contributed by atoms with Crippen molar-refractivity contribution in [2.45, 2.75) is 46.1 Å². The predicted octanol–water partition coefficient (Wildman–Crippen LogP) is 3.62. The molecule has 1 atom stereocenters. The standard InChI is InChI=1S/C22H31N5O3/c1-7-15(17-10-14(11-30-17)12(2)3)25-20(23)21(24)26-16-9-8-13(4)18(19(16)28)22(29)27(5)6/h8-12,15,28H,7H2,1-6H3,(H2,23,25)(H2,24,26)/t15-/m1/s1. The summed E-state index contributed by atoms with van der Waals surface area (Å²) < 4.78 is 5.65. The van der Waals surface area contributed by atoms with E-state index in [9.17, 15) is 9.90 Å². The lowest BCUT2D eigenvalue weighted by molar-refractivity contribution is 0.0824. The van der Waals surface area contributed by atoms with Gasteiger partial charge in [-0.15, -0.1) is 0 Å². The number of furan rings is 1. The highest BCUT2D eigenvalue weighted by Crippen LogP contribution is 2.33. The minimum absolute atomic E-state index is 0.0322. The number of aromatic hydroxyl groups is 1. The summed E-state index contributed by atoms with van der Waals surface area (Å²) in [4.78, 5) is 22.4. The molecule has 0 unspecified atom stereocenters. The lowest BCUT2D eigenvalue weighted by Crippen LogP contribution is -2.31. The van der Waals surface area contributed by atoms with Crippen LogP contribution in [0.4, 0.5) is 5.69 Å². The number of aliphatic imine (C=N–C) groups is 2. The maximum Gasteiger partial charge on any atom is 0.257 e. The maximum absolute atomic E-state index is 12.4. The number of phenols is 1. The molecule has 2 rings (SSSR count). The summed E-state index contributed by atoms with van der Waals surface area (Å²) in [6.45, 7) is 7.88. The van der Waals surface area contributed by atoms with Gasteiger partial charge in [-0.2, -0.15) is 0 Å². The van der Waals surface area contributed by atoms with E-state index in [2.05, 4.69) is 23.8 Å². The van der Waals surface area contributed by atoms with Crippen molar-refractivity contribution < 1.29 is 14.3 Å². The van der Waals surface area contributed by atoms with Gasteiger partial charge in [-0.1, -0.05) is 26.8 Å². The average Bonchev–Trinajstić information content (AvgIpc) is 3.18. The van der Waals surface area contributed by atoms with E-state index in [1.54, 1.807) is 39.4 Å². The molecular formula is C22H31N5O3. The third kappa shape index (κ3) is 5.00. The van der Waals surface area contributed by atoms with Crippen LogP contribution in [-0.2, 0) is 0 Å². The third-order valence-corrected chi connectivity index (χ3v) is 4.81. The lowest BCUT2D eigenvalue weighted by atomic mass is 10.1. The predicted molar refractivity (Wildman–Crippen MR) is 120 cm³/mol. The maximum atomic E-state index is 12.4. The third-order valence-electron chi connectivity index (χ3n) is 4.81. The number of nitrogens with zero attached hydrogens (tertiary/aromatic N) is 3.